The Morgan fingerprint density at radius 2 is 2.00 bits per heavy atom. The maximum atomic E-state index is 13.8. The van der Waals surface area contributed by atoms with Gasteiger partial charge in [-0.1, -0.05) is 11.6 Å². The topological polar surface area (TPSA) is 68.2 Å². The highest BCUT2D eigenvalue weighted by atomic mass is 35.5. The monoisotopic (exact) mass is 494 g/mol. The third kappa shape index (κ3) is 4.69. The molecule has 2 aromatic carbocycles. The zero-order valence-electron chi connectivity index (χ0n) is 17.5. The van der Waals surface area contributed by atoms with E-state index in [2.05, 4.69) is 15.7 Å². The van der Waals surface area contributed by atoms with Gasteiger partial charge < -0.3 is 15.4 Å². The lowest BCUT2D eigenvalue weighted by atomic mass is 9.85. The number of nitrogens with zero attached hydrogens (tertiary/aromatic N) is 2. The number of hydrogen-bond donors (Lipinski definition) is 2. The second-order valence-electron chi connectivity index (χ2n) is 8.01. The average Bonchev–Trinajstić information content (AvgIpc) is 3.02. The molecular weight excluding hydrogens is 473 g/mol. The van der Waals surface area contributed by atoms with Crippen LogP contribution in [0, 0.1) is 11.6 Å². The number of nitrogens with one attached hydrogen (secondary N) is 2. The average molecular weight is 495 g/mol. The lowest BCUT2D eigenvalue weighted by Gasteiger charge is -2.33. The van der Waals surface area contributed by atoms with E-state index < -0.39 is 11.6 Å². The highest BCUT2D eigenvalue weighted by Gasteiger charge is 2.29. The Bertz CT molecular complexity index is 1170. The Labute approximate surface area is 200 Å². The first-order valence-corrected chi connectivity index (χ1v) is 10.8. The van der Waals surface area contributed by atoms with Crippen LogP contribution in [0.25, 0.3) is 11.3 Å². The van der Waals surface area contributed by atoms with Gasteiger partial charge in [-0.25, -0.2) is 8.78 Å². The molecule has 1 amide bonds. The minimum atomic E-state index is -0.621. The molecule has 1 fully saturated rings. The smallest absolute Gasteiger partial charge is 0.251 e. The largest absolute Gasteiger partial charge is 0.491 e. The first-order chi connectivity index (χ1) is 15.5. The van der Waals surface area contributed by atoms with Crippen molar-refractivity contribution in [2.45, 2.75) is 24.9 Å². The summed E-state index contributed by atoms with van der Waals surface area (Å²) in [5.74, 6) is -1.16. The fourth-order valence-electron chi connectivity index (χ4n) is 4.47. The molecule has 1 saturated heterocycles. The molecule has 0 radical (unpaired) electrons. The summed E-state index contributed by atoms with van der Waals surface area (Å²) in [6, 6.07) is 8.41. The molecule has 2 atom stereocenters. The van der Waals surface area contributed by atoms with Crippen molar-refractivity contribution in [2.24, 2.45) is 0 Å². The van der Waals surface area contributed by atoms with Crippen molar-refractivity contribution in [2.75, 3.05) is 19.7 Å². The summed E-state index contributed by atoms with van der Waals surface area (Å²) in [5.41, 5.74) is 2.51. The Hall–Kier alpha value is -2.68. The summed E-state index contributed by atoms with van der Waals surface area (Å²) in [6.07, 6.45) is 2.25. The van der Waals surface area contributed by atoms with Crippen LogP contribution in [0.4, 0.5) is 8.78 Å². The normalized spacial score (nSPS) is 19.4. The van der Waals surface area contributed by atoms with Gasteiger partial charge in [-0.05, 0) is 48.9 Å². The Kier molecular flexibility index (Phi) is 6.88. The van der Waals surface area contributed by atoms with E-state index in [1.165, 1.54) is 12.1 Å². The van der Waals surface area contributed by atoms with Crippen molar-refractivity contribution < 1.29 is 18.3 Å². The number of rotatable bonds is 3. The fourth-order valence-corrected chi connectivity index (χ4v) is 4.71. The van der Waals surface area contributed by atoms with E-state index in [0.29, 0.717) is 54.6 Å². The van der Waals surface area contributed by atoms with Crippen LogP contribution in [-0.2, 0) is 6.54 Å². The highest BCUT2D eigenvalue weighted by molar-refractivity contribution is 6.33. The zero-order valence-corrected chi connectivity index (χ0v) is 19.1. The minimum Gasteiger partial charge on any atom is -0.491 e. The first-order valence-electron chi connectivity index (χ1n) is 10.5. The van der Waals surface area contributed by atoms with Crippen LogP contribution in [-0.4, -0.2) is 41.4 Å². The Morgan fingerprint density at radius 3 is 2.79 bits per heavy atom. The van der Waals surface area contributed by atoms with Gasteiger partial charge >= 0.3 is 0 Å². The van der Waals surface area contributed by atoms with Gasteiger partial charge in [0.1, 0.15) is 24.0 Å². The number of ether oxygens (including phenoxy) is 1. The van der Waals surface area contributed by atoms with E-state index in [9.17, 15) is 13.6 Å². The van der Waals surface area contributed by atoms with E-state index in [1.807, 2.05) is 0 Å². The maximum Gasteiger partial charge on any atom is 0.251 e. The van der Waals surface area contributed by atoms with Crippen molar-refractivity contribution in [3.05, 3.63) is 70.4 Å². The third-order valence-electron chi connectivity index (χ3n) is 5.97. The molecule has 3 heterocycles. The van der Waals surface area contributed by atoms with Crippen LogP contribution < -0.4 is 15.4 Å². The molecule has 0 saturated carbocycles. The number of halogens is 4. The second kappa shape index (κ2) is 9.67. The lowest BCUT2D eigenvalue weighted by Crippen LogP contribution is -2.50. The minimum absolute atomic E-state index is 0. The fraction of sp³-hybridized carbons (Fsp3) is 0.304. The van der Waals surface area contributed by atoms with Gasteiger partial charge in [0.2, 0.25) is 0 Å². The molecule has 3 aromatic rings. The van der Waals surface area contributed by atoms with E-state index in [1.54, 1.807) is 29.1 Å². The number of piperidine rings is 1. The number of carbonyl (C=O) groups is 1. The molecule has 0 spiro atoms. The van der Waals surface area contributed by atoms with Crippen LogP contribution in [0.15, 0.2) is 42.6 Å². The summed E-state index contributed by atoms with van der Waals surface area (Å²) in [7, 11) is 0. The third-order valence-corrected chi connectivity index (χ3v) is 6.24. The van der Waals surface area contributed by atoms with E-state index in [4.69, 9.17) is 16.3 Å². The molecular formula is C23H22Cl2F2N4O2. The van der Waals surface area contributed by atoms with Crippen LogP contribution in [0.2, 0.25) is 5.02 Å². The SMILES string of the molecule is Cl.O=C(N[C@@H]1CNCC[C@H]1c1cc(F)cc(F)c1)c1ccc2c(c1)OCCn1ncc(Cl)c1-2. The van der Waals surface area contributed by atoms with Crippen molar-refractivity contribution in [3.8, 4) is 17.0 Å². The molecule has 0 bridgehead atoms. The van der Waals surface area contributed by atoms with Gasteiger partial charge in [0, 0.05) is 35.7 Å². The van der Waals surface area contributed by atoms with Crippen molar-refractivity contribution in [1.82, 2.24) is 20.4 Å². The molecule has 6 nitrogen and oxygen atoms in total. The van der Waals surface area contributed by atoms with Crippen molar-refractivity contribution in [3.63, 3.8) is 0 Å². The van der Waals surface area contributed by atoms with Gasteiger partial charge in [-0.3, -0.25) is 9.48 Å². The Morgan fingerprint density at radius 1 is 1.21 bits per heavy atom. The zero-order chi connectivity index (χ0) is 22.2. The predicted molar refractivity (Wildman–Crippen MR) is 123 cm³/mol. The Balaban J connectivity index is 0.00000259. The summed E-state index contributed by atoms with van der Waals surface area (Å²) in [5, 5.41) is 11.1. The van der Waals surface area contributed by atoms with Gasteiger partial charge in [-0.2, -0.15) is 5.10 Å². The van der Waals surface area contributed by atoms with Gasteiger partial charge in [0.05, 0.1) is 23.5 Å². The van der Waals surface area contributed by atoms with Gasteiger partial charge in [0.15, 0.2) is 0 Å². The summed E-state index contributed by atoms with van der Waals surface area (Å²) in [6.45, 7) is 2.17. The molecule has 174 valence electrons. The van der Waals surface area contributed by atoms with E-state index in [-0.39, 0.29) is 30.3 Å². The lowest BCUT2D eigenvalue weighted by molar-refractivity contribution is 0.0924. The van der Waals surface area contributed by atoms with Crippen molar-refractivity contribution >= 4 is 29.9 Å². The predicted octanol–water partition coefficient (Wildman–Crippen LogP) is 4.17. The van der Waals surface area contributed by atoms with Crippen LogP contribution in [0.1, 0.15) is 28.3 Å². The van der Waals surface area contributed by atoms with Crippen LogP contribution in [0.3, 0.4) is 0 Å². The molecule has 10 heteroatoms. The number of fused-ring (bicyclic) bond motifs is 3. The molecule has 0 unspecified atom stereocenters. The summed E-state index contributed by atoms with van der Waals surface area (Å²) < 4.78 is 35.2. The summed E-state index contributed by atoms with van der Waals surface area (Å²) >= 11 is 6.31. The second-order valence-corrected chi connectivity index (χ2v) is 8.41. The molecule has 33 heavy (non-hydrogen) atoms. The number of amides is 1. The van der Waals surface area contributed by atoms with Gasteiger partial charge in [0.25, 0.3) is 5.91 Å². The first kappa shape index (κ1) is 23.5. The number of aromatic nitrogens is 2. The molecule has 5 rings (SSSR count). The summed E-state index contributed by atoms with van der Waals surface area (Å²) in [4.78, 5) is 13.1. The highest BCUT2D eigenvalue weighted by Crippen LogP contribution is 2.37. The van der Waals surface area contributed by atoms with E-state index >= 15 is 0 Å². The maximum absolute atomic E-state index is 13.8. The van der Waals surface area contributed by atoms with E-state index in [0.717, 1.165) is 17.3 Å². The van der Waals surface area contributed by atoms with Crippen LogP contribution >= 0.6 is 24.0 Å². The molecule has 2 aliphatic heterocycles. The number of carbonyl (C=O) groups excluding carboxylic acids is 1. The van der Waals surface area contributed by atoms with Gasteiger partial charge in [-0.15, -0.1) is 12.4 Å². The molecule has 1 aromatic heterocycles. The quantitative estimate of drug-likeness (QED) is 0.573. The molecule has 2 N–H and O–H groups in total. The standard InChI is InChI=1S/C23H21ClF2N4O2.ClH/c24-19-11-28-30-5-6-32-21-9-13(1-2-18(21)22(19)30)23(31)29-20-12-27-4-3-17(20)14-7-15(25)10-16(26)8-14;/h1-2,7-11,17,20,27H,3-6,12H2,(H,29,31);1H/t17-,20+;/m0./s1. The number of hydrogen-bond acceptors (Lipinski definition) is 4. The molecule has 0 aliphatic carbocycles. The van der Waals surface area contributed by atoms with Crippen molar-refractivity contribution in [1.29, 1.82) is 0 Å². The molecule has 2 aliphatic rings. The number of benzene rings is 2. The van der Waals surface area contributed by atoms with Crippen LogP contribution in [0.5, 0.6) is 5.75 Å².